The molecule has 1 aliphatic heterocycles. The molecule has 4 nitrogen and oxygen atoms in total. The van der Waals surface area contributed by atoms with Gasteiger partial charge in [0.15, 0.2) is 0 Å². The molecule has 0 unspecified atom stereocenters. The second-order valence-corrected chi connectivity index (χ2v) is 5.62. The predicted octanol–water partition coefficient (Wildman–Crippen LogP) is 2.38. The summed E-state index contributed by atoms with van der Waals surface area (Å²) in [6, 6.07) is 6.14. The van der Waals surface area contributed by atoms with Crippen molar-refractivity contribution in [1.82, 2.24) is 9.80 Å². The maximum atomic E-state index is 13.5. The molecule has 0 spiro atoms. The van der Waals surface area contributed by atoms with Crippen molar-refractivity contribution >= 4 is 11.8 Å². The van der Waals surface area contributed by atoms with E-state index < -0.39 is 12.1 Å². The van der Waals surface area contributed by atoms with E-state index in [0.717, 1.165) is 4.90 Å². The molecule has 0 saturated carbocycles. The Morgan fingerprint density at radius 1 is 1.00 bits per heavy atom. The van der Waals surface area contributed by atoms with Crippen LogP contribution in [0.2, 0.25) is 0 Å². The molecule has 0 atom stereocenters. The molecule has 132 valence electrons. The molecule has 1 saturated heterocycles. The van der Waals surface area contributed by atoms with Gasteiger partial charge in [-0.3, -0.25) is 9.59 Å². The van der Waals surface area contributed by atoms with Crippen molar-refractivity contribution in [1.29, 1.82) is 0 Å². The molecule has 1 heterocycles. The molecular weight excluding hydrogens is 328 g/mol. The Hall–Kier alpha value is -2.12. The zero-order chi connectivity index (χ0) is 17.7. The van der Waals surface area contributed by atoms with Crippen molar-refractivity contribution in [2.45, 2.75) is 25.4 Å². The molecule has 1 aromatic carbocycles. The predicted molar refractivity (Wildman–Crippen MR) is 78.6 cm³/mol. The number of hydrogen-bond donors (Lipinski definition) is 0. The Morgan fingerprint density at radius 3 is 2.29 bits per heavy atom. The molecule has 24 heavy (non-hydrogen) atoms. The summed E-state index contributed by atoms with van der Waals surface area (Å²) in [5.41, 5.74) is 0.426. The van der Waals surface area contributed by atoms with Crippen molar-refractivity contribution in [2.24, 2.45) is 0 Å². The topological polar surface area (TPSA) is 40.6 Å². The van der Waals surface area contributed by atoms with E-state index in [2.05, 4.69) is 0 Å². The highest BCUT2D eigenvalue weighted by Gasteiger charge is 2.42. The summed E-state index contributed by atoms with van der Waals surface area (Å²) >= 11 is 0. The minimum atomic E-state index is -4.90. The fourth-order valence-corrected chi connectivity index (χ4v) is 2.65. The standard InChI is InChI=1S/C16H18F4N2O2/c17-13-5-2-1-4-12(13)6-7-14(23)21-8-3-9-22(11-10-21)15(24)16(18,19)20/h1-2,4-5H,3,6-11H2. The molecule has 0 aromatic heterocycles. The number of benzene rings is 1. The highest BCUT2D eigenvalue weighted by molar-refractivity contribution is 5.82. The van der Waals surface area contributed by atoms with Gasteiger partial charge in [0.1, 0.15) is 5.82 Å². The fraction of sp³-hybridized carbons (Fsp3) is 0.500. The van der Waals surface area contributed by atoms with E-state index >= 15 is 0 Å². The second-order valence-electron chi connectivity index (χ2n) is 5.62. The third-order valence-corrected chi connectivity index (χ3v) is 3.94. The quantitative estimate of drug-likeness (QED) is 0.789. The first-order valence-electron chi connectivity index (χ1n) is 7.66. The van der Waals surface area contributed by atoms with Crippen LogP contribution in [0, 0.1) is 5.82 Å². The van der Waals surface area contributed by atoms with E-state index in [1.807, 2.05) is 0 Å². The lowest BCUT2D eigenvalue weighted by Crippen LogP contribution is -2.43. The van der Waals surface area contributed by atoms with Crippen LogP contribution >= 0.6 is 0 Å². The third kappa shape index (κ3) is 4.69. The second kappa shape index (κ2) is 7.63. The summed E-state index contributed by atoms with van der Waals surface area (Å²) in [7, 11) is 0. The van der Waals surface area contributed by atoms with Crippen LogP contribution in [0.3, 0.4) is 0 Å². The maximum Gasteiger partial charge on any atom is 0.471 e. The van der Waals surface area contributed by atoms with Crippen LogP contribution in [-0.2, 0) is 16.0 Å². The number of alkyl halides is 3. The summed E-state index contributed by atoms with van der Waals surface area (Å²) in [5, 5.41) is 0. The van der Waals surface area contributed by atoms with Gasteiger partial charge >= 0.3 is 12.1 Å². The molecule has 0 N–H and O–H groups in total. The van der Waals surface area contributed by atoms with Gasteiger partial charge in [0.25, 0.3) is 0 Å². The first-order valence-corrected chi connectivity index (χ1v) is 7.66. The van der Waals surface area contributed by atoms with Crippen molar-refractivity contribution in [2.75, 3.05) is 26.2 Å². The van der Waals surface area contributed by atoms with Gasteiger partial charge in [-0.25, -0.2) is 4.39 Å². The molecule has 1 aliphatic rings. The van der Waals surface area contributed by atoms with Gasteiger partial charge < -0.3 is 9.80 Å². The lowest BCUT2D eigenvalue weighted by Gasteiger charge is -2.23. The maximum absolute atomic E-state index is 13.5. The van der Waals surface area contributed by atoms with Crippen LogP contribution < -0.4 is 0 Å². The van der Waals surface area contributed by atoms with Crippen molar-refractivity contribution < 1.29 is 27.2 Å². The monoisotopic (exact) mass is 346 g/mol. The van der Waals surface area contributed by atoms with E-state index in [1.165, 1.54) is 11.0 Å². The van der Waals surface area contributed by atoms with Crippen LogP contribution in [0.1, 0.15) is 18.4 Å². The number of nitrogens with zero attached hydrogens (tertiary/aromatic N) is 2. The minimum Gasteiger partial charge on any atom is -0.341 e. The third-order valence-electron chi connectivity index (χ3n) is 3.94. The summed E-state index contributed by atoms with van der Waals surface area (Å²) in [6.45, 7) is 0.162. The highest BCUT2D eigenvalue weighted by Crippen LogP contribution is 2.20. The van der Waals surface area contributed by atoms with Gasteiger partial charge in [-0.05, 0) is 24.5 Å². The van der Waals surface area contributed by atoms with E-state index in [4.69, 9.17) is 0 Å². The van der Waals surface area contributed by atoms with Gasteiger partial charge in [-0.15, -0.1) is 0 Å². The van der Waals surface area contributed by atoms with E-state index in [9.17, 15) is 27.2 Å². The van der Waals surface area contributed by atoms with Crippen molar-refractivity contribution in [3.8, 4) is 0 Å². The van der Waals surface area contributed by atoms with Crippen molar-refractivity contribution in [3.63, 3.8) is 0 Å². The first kappa shape index (κ1) is 18.2. The molecule has 8 heteroatoms. The minimum absolute atomic E-state index is 0.0323. The van der Waals surface area contributed by atoms with Crippen LogP contribution in [0.25, 0.3) is 0 Å². The Bertz CT molecular complexity index is 604. The lowest BCUT2D eigenvalue weighted by atomic mass is 10.1. The van der Waals surface area contributed by atoms with Gasteiger partial charge in [-0.1, -0.05) is 18.2 Å². The number of hydrogen-bond acceptors (Lipinski definition) is 2. The molecule has 1 fully saturated rings. The lowest BCUT2D eigenvalue weighted by molar-refractivity contribution is -0.185. The average molecular weight is 346 g/mol. The molecule has 0 bridgehead atoms. The van der Waals surface area contributed by atoms with E-state index in [-0.39, 0.29) is 57.2 Å². The van der Waals surface area contributed by atoms with Crippen LogP contribution in [0.15, 0.2) is 24.3 Å². The number of amides is 2. The van der Waals surface area contributed by atoms with Gasteiger partial charge in [0.05, 0.1) is 0 Å². The molecule has 2 amide bonds. The zero-order valence-corrected chi connectivity index (χ0v) is 13.0. The Balaban J connectivity index is 1.88. The molecule has 0 radical (unpaired) electrons. The highest BCUT2D eigenvalue weighted by atomic mass is 19.4. The van der Waals surface area contributed by atoms with Crippen LogP contribution in [0.5, 0.6) is 0 Å². The number of aryl methyl sites for hydroxylation is 1. The Labute approximate surface area is 137 Å². The molecule has 2 rings (SSSR count). The van der Waals surface area contributed by atoms with Crippen LogP contribution in [0.4, 0.5) is 17.6 Å². The molecule has 0 aliphatic carbocycles. The van der Waals surface area contributed by atoms with Gasteiger partial charge in [-0.2, -0.15) is 13.2 Å². The van der Waals surface area contributed by atoms with E-state index in [0.29, 0.717) is 5.56 Å². The Morgan fingerprint density at radius 2 is 1.62 bits per heavy atom. The summed E-state index contributed by atoms with van der Waals surface area (Å²) in [4.78, 5) is 25.6. The van der Waals surface area contributed by atoms with Crippen LogP contribution in [-0.4, -0.2) is 54.0 Å². The number of carbonyl (C=O) groups excluding carboxylic acids is 2. The van der Waals surface area contributed by atoms with E-state index in [1.54, 1.807) is 18.2 Å². The SMILES string of the molecule is O=C(CCc1ccccc1F)N1CCCN(C(=O)C(F)(F)F)CC1. The number of carbonyl (C=O) groups is 2. The smallest absolute Gasteiger partial charge is 0.341 e. The molecule has 1 aromatic rings. The summed E-state index contributed by atoms with van der Waals surface area (Å²) < 4.78 is 50.9. The Kier molecular flexibility index (Phi) is 5.80. The molecular formula is C16H18F4N2O2. The fourth-order valence-electron chi connectivity index (χ4n) is 2.65. The summed E-state index contributed by atoms with van der Waals surface area (Å²) in [5.74, 6) is -2.51. The number of rotatable bonds is 3. The van der Waals surface area contributed by atoms with Crippen molar-refractivity contribution in [3.05, 3.63) is 35.6 Å². The van der Waals surface area contributed by atoms with Gasteiger partial charge in [0.2, 0.25) is 5.91 Å². The van der Waals surface area contributed by atoms with Gasteiger partial charge in [0, 0.05) is 32.6 Å². The largest absolute Gasteiger partial charge is 0.471 e. The summed E-state index contributed by atoms with van der Waals surface area (Å²) in [6.07, 6.45) is -4.31. The first-order chi connectivity index (χ1) is 11.3. The number of halogens is 4. The normalized spacial score (nSPS) is 16.0. The average Bonchev–Trinajstić information content (AvgIpc) is 2.78. The zero-order valence-electron chi connectivity index (χ0n) is 13.0.